The Morgan fingerprint density at radius 1 is 1.24 bits per heavy atom. The summed E-state index contributed by atoms with van der Waals surface area (Å²) in [5.74, 6) is 0.271. The highest BCUT2D eigenvalue weighted by Gasteiger charge is 2.40. The Morgan fingerprint density at radius 3 is 2.71 bits per heavy atom. The van der Waals surface area contributed by atoms with E-state index in [2.05, 4.69) is 5.32 Å². The van der Waals surface area contributed by atoms with Crippen LogP contribution in [0.15, 0.2) is 0 Å². The van der Waals surface area contributed by atoms with Crippen molar-refractivity contribution < 1.29 is 9.53 Å². The first-order valence-corrected chi connectivity index (χ1v) is 6.99. The van der Waals surface area contributed by atoms with E-state index in [-0.39, 0.29) is 5.91 Å². The minimum Gasteiger partial charge on any atom is -0.373 e. The summed E-state index contributed by atoms with van der Waals surface area (Å²) in [7, 11) is 0. The van der Waals surface area contributed by atoms with Gasteiger partial charge in [0.15, 0.2) is 0 Å². The quantitative estimate of drug-likeness (QED) is 0.794. The van der Waals surface area contributed by atoms with Crippen molar-refractivity contribution in [2.24, 2.45) is 0 Å². The van der Waals surface area contributed by atoms with Gasteiger partial charge in [0, 0.05) is 19.1 Å². The number of piperidine rings is 1. The lowest BCUT2D eigenvalue weighted by Gasteiger charge is -2.28. The number of rotatable bonds is 3. The number of amides is 1. The third-order valence-corrected chi connectivity index (χ3v) is 4.33. The van der Waals surface area contributed by atoms with Crippen molar-refractivity contribution in [2.45, 2.75) is 56.8 Å². The zero-order chi connectivity index (χ0) is 11.7. The van der Waals surface area contributed by atoms with Crippen LogP contribution in [0.3, 0.4) is 0 Å². The molecule has 0 spiro atoms. The number of carbonyl (C=O) groups is 1. The molecule has 3 atom stereocenters. The fourth-order valence-corrected chi connectivity index (χ4v) is 3.33. The molecule has 0 aromatic heterocycles. The van der Waals surface area contributed by atoms with Gasteiger partial charge in [-0.25, -0.2) is 0 Å². The third kappa shape index (κ3) is 2.47. The van der Waals surface area contributed by atoms with Gasteiger partial charge in [0.1, 0.15) is 0 Å². The molecule has 3 heterocycles. The average Bonchev–Trinajstić information content (AvgIpc) is 2.99. The summed E-state index contributed by atoms with van der Waals surface area (Å²) in [5, 5.41) is 3.39. The molecule has 17 heavy (non-hydrogen) atoms. The largest absolute Gasteiger partial charge is 0.373 e. The second-order valence-electron chi connectivity index (χ2n) is 5.54. The Kier molecular flexibility index (Phi) is 3.34. The van der Waals surface area contributed by atoms with Gasteiger partial charge in [0.2, 0.25) is 5.91 Å². The second-order valence-corrected chi connectivity index (χ2v) is 5.54. The molecule has 0 aliphatic carbocycles. The van der Waals surface area contributed by atoms with Gasteiger partial charge >= 0.3 is 0 Å². The standard InChI is InChI=1S/C13H22N2O2/c16-13(15-6-2-1-3-7-15)9-14-11-8-10-4-5-12(11)17-10/h10-12,14H,1-9H2. The smallest absolute Gasteiger partial charge is 0.236 e. The first-order chi connectivity index (χ1) is 8.33. The molecule has 3 aliphatic rings. The summed E-state index contributed by atoms with van der Waals surface area (Å²) < 4.78 is 5.78. The van der Waals surface area contributed by atoms with Crippen molar-refractivity contribution in [2.75, 3.05) is 19.6 Å². The van der Waals surface area contributed by atoms with Crippen molar-refractivity contribution in [3.8, 4) is 0 Å². The molecule has 4 nitrogen and oxygen atoms in total. The molecule has 3 rings (SSSR count). The Hall–Kier alpha value is -0.610. The van der Waals surface area contributed by atoms with Gasteiger partial charge in [0.25, 0.3) is 0 Å². The zero-order valence-corrected chi connectivity index (χ0v) is 10.4. The first-order valence-electron chi connectivity index (χ1n) is 6.99. The van der Waals surface area contributed by atoms with E-state index in [1.165, 1.54) is 32.1 Å². The fourth-order valence-electron chi connectivity index (χ4n) is 3.33. The zero-order valence-electron chi connectivity index (χ0n) is 10.4. The molecule has 96 valence electrons. The summed E-state index contributed by atoms with van der Waals surface area (Å²) in [6.45, 7) is 2.40. The number of hydrogen-bond donors (Lipinski definition) is 1. The number of carbonyl (C=O) groups excluding carboxylic acids is 1. The first kappa shape index (κ1) is 11.5. The third-order valence-electron chi connectivity index (χ3n) is 4.33. The minimum absolute atomic E-state index is 0.271. The predicted molar refractivity (Wildman–Crippen MR) is 64.7 cm³/mol. The lowest BCUT2D eigenvalue weighted by Crippen LogP contribution is -2.46. The van der Waals surface area contributed by atoms with E-state index in [1.54, 1.807) is 0 Å². The van der Waals surface area contributed by atoms with Crippen molar-refractivity contribution >= 4 is 5.91 Å². The monoisotopic (exact) mass is 238 g/mol. The maximum Gasteiger partial charge on any atom is 0.236 e. The van der Waals surface area contributed by atoms with Gasteiger partial charge in [-0.2, -0.15) is 0 Å². The molecule has 3 fully saturated rings. The van der Waals surface area contributed by atoms with E-state index >= 15 is 0 Å². The van der Waals surface area contributed by atoms with Gasteiger partial charge < -0.3 is 15.0 Å². The lowest BCUT2D eigenvalue weighted by molar-refractivity contribution is -0.131. The Bertz CT molecular complexity index is 289. The molecule has 1 amide bonds. The number of nitrogens with one attached hydrogen (secondary N) is 1. The molecule has 0 radical (unpaired) electrons. The molecule has 3 saturated heterocycles. The summed E-state index contributed by atoms with van der Waals surface area (Å²) in [6, 6.07) is 0.419. The van der Waals surface area contributed by atoms with Crippen molar-refractivity contribution in [1.82, 2.24) is 10.2 Å². The summed E-state index contributed by atoms with van der Waals surface area (Å²) in [6.07, 6.45) is 7.92. The highest BCUT2D eigenvalue weighted by molar-refractivity contribution is 5.78. The number of hydrogen-bond acceptors (Lipinski definition) is 3. The maximum atomic E-state index is 12.0. The SMILES string of the molecule is O=C(CNC1CC2CCC1O2)N1CCCCC1. The van der Waals surface area contributed by atoms with Crippen LogP contribution in [0.2, 0.25) is 0 Å². The molecule has 0 aromatic rings. The van der Waals surface area contributed by atoms with Gasteiger partial charge in [-0.1, -0.05) is 0 Å². The summed E-state index contributed by atoms with van der Waals surface area (Å²) in [4.78, 5) is 14.0. The van der Waals surface area contributed by atoms with Crippen molar-refractivity contribution in [3.63, 3.8) is 0 Å². The average molecular weight is 238 g/mol. The Labute approximate surface area is 103 Å². The van der Waals surface area contributed by atoms with Gasteiger partial charge in [-0.3, -0.25) is 4.79 Å². The van der Waals surface area contributed by atoms with E-state index in [9.17, 15) is 4.79 Å². The van der Waals surface area contributed by atoms with E-state index in [0.29, 0.717) is 24.8 Å². The minimum atomic E-state index is 0.271. The van der Waals surface area contributed by atoms with Gasteiger partial charge in [-0.15, -0.1) is 0 Å². The van der Waals surface area contributed by atoms with Crippen molar-refractivity contribution in [1.29, 1.82) is 0 Å². The second kappa shape index (κ2) is 4.94. The highest BCUT2D eigenvalue weighted by atomic mass is 16.5. The van der Waals surface area contributed by atoms with Crippen LogP contribution in [0.5, 0.6) is 0 Å². The molecule has 3 aliphatic heterocycles. The molecule has 0 aromatic carbocycles. The molecule has 3 unspecified atom stereocenters. The van der Waals surface area contributed by atoms with Crippen LogP contribution in [0.4, 0.5) is 0 Å². The Balaban J connectivity index is 1.43. The highest BCUT2D eigenvalue weighted by Crippen LogP contribution is 2.34. The molecule has 4 heteroatoms. The van der Waals surface area contributed by atoms with Crippen LogP contribution < -0.4 is 5.32 Å². The van der Waals surface area contributed by atoms with E-state index < -0.39 is 0 Å². The number of fused-ring (bicyclic) bond motifs is 2. The van der Waals surface area contributed by atoms with Crippen LogP contribution in [-0.4, -0.2) is 48.7 Å². The molecule has 2 bridgehead atoms. The van der Waals surface area contributed by atoms with E-state index in [1.807, 2.05) is 4.90 Å². The number of likely N-dealkylation sites (tertiary alicyclic amines) is 1. The predicted octanol–water partition coefficient (Wildman–Crippen LogP) is 0.908. The summed E-state index contributed by atoms with van der Waals surface area (Å²) in [5.41, 5.74) is 0. The van der Waals surface area contributed by atoms with Crippen LogP contribution in [0.25, 0.3) is 0 Å². The number of nitrogens with zero attached hydrogens (tertiary/aromatic N) is 1. The topological polar surface area (TPSA) is 41.6 Å². The maximum absolute atomic E-state index is 12.0. The van der Waals surface area contributed by atoms with E-state index in [0.717, 1.165) is 19.5 Å². The Morgan fingerprint density at radius 2 is 2.06 bits per heavy atom. The number of ether oxygens (including phenoxy) is 1. The van der Waals surface area contributed by atoms with Crippen LogP contribution in [0.1, 0.15) is 38.5 Å². The van der Waals surface area contributed by atoms with Gasteiger partial charge in [-0.05, 0) is 38.5 Å². The van der Waals surface area contributed by atoms with Gasteiger partial charge in [0.05, 0.1) is 18.8 Å². The van der Waals surface area contributed by atoms with Crippen molar-refractivity contribution in [3.05, 3.63) is 0 Å². The normalized spacial score (nSPS) is 36.5. The van der Waals surface area contributed by atoms with Crippen LogP contribution >= 0.6 is 0 Å². The molecular weight excluding hydrogens is 216 g/mol. The fraction of sp³-hybridized carbons (Fsp3) is 0.923. The summed E-state index contributed by atoms with van der Waals surface area (Å²) >= 11 is 0. The lowest BCUT2D eigenvalue weighted by atomic mass is 9.95. The molecule has 0 saturated carbocycles. The molecular formula is C13H22N2O2. The van der Waals surface area contributed by atoms with Crippen LogP contribution in [0, 0.1) is 0 Å². The molecule has 1 N–H and O–H groups in total. The van der Waals surface area contributed by atoms with Crippen LogP contribution in [-0.2, 0) is 9.53 Å². The van der Waals surface area contributed by atoms with E-state index in [4.69, 9.17) is 4.74 Å².